The molecule has 3 N–H and O–H groups in total. The van der Waals surface area contributed by atoms with Crippen LogP contribution in [0, 0.1) is 0 Å². The van der Waals surface area contributed by atoms with Crippen molar-refractivity contribution in [3.63, 3.8) is 0 Å². The van der Waals surface area contributed by atoms with Gasteiger partial charge in [-0.15, -0.1) is 0 Å². The first-order valence-corrected chi connectivity index (χ1v) is 3.37. The van der Waals surface area contributed by atoms with Gasteiger partial charge in [-0.05, 0) is 0 Å². The number of rotatable bonds is 1. The molecule has 0 aliphatic heterocycles. The van der Waals surface area contributed by atoms with E-state index in [9.17, 15) is 0 Å². The summed E-state index contributed by atoms with van der Waals surface area (Å²) in [7, 11) is 4.25. The normalized spacial score (nSPS) is 9.40. The van der Waals surface area contributed by atoms with E-state index in [1.807, 2.05) is 0 Å². The van der Waals surface area contributed by atoms with E-state index in [0.717, 1.165) is 11.1 Å². The zero-order chi connectivity index (χ0) is 7.56. The number of nitrogen functional groups attached to an aromatic ring is 1. The summed E-state index contributed by atoms with van der Waals surface area (Å²) in [6, 6.07) is 0. The summed E-state index contributed by atoms with van der Waals surface area (Å²) < 4.78 is 0. The van der Waals surface area contributed by atoms with Crippen molar-refractivity contribution >= 4 is 26.2 Å². The topological polar surface area (TPSA) is 63.8 Å². The van der Waals surface area contributed by atoms with Crippen LogP contribution in [0.15, 0.2) is 6.33 Å². The maximum absolute atomic E-state index is 5.50. The predicted octanol–water partition coefficient (Wildman–Crippen LogP) is -0.399. The molecule has 1 aromatic heterocycles. The monoisotopic (exact) mass is 156 g/mol. The Balaban J connectivity index is 3.17. The third-order valence-electron chi connectivity index (χ3n) is 1.16. The van der Waals surface area contributed by atoms with Gasteiger partial charge in [0.2, 0.25) is 0 Å². The highest BCUT2D eigenvalue weighted by Crippen LogP contribution is 2.10. The molecule has 10 heavy (non-hydrogen) atoms. The molecule has 1 rings (SSSR count). The van der Waals surface area contributed by atoms with Crippen LogP contribution in [0.25, 0.3) is 0 Å². The molecule has 5 heteroatoms. The lowest BCUT2D eigenvalue weighted by molar-refractivity contribution is 1.20. The van der Waals surface area contributed by atoms with Crippen LogP contribution in [0.2, 0.25) is 0 Å². The van der Waals surface area contributed by atoms with Crippen molar-refractivity contribution in [2.45, 2.75) is 0 Å². The molecule has 1 heterocycles. The molecule has 0 radical (unpaired) electrons. The van der Waals surface area contributed by atoms with Gasteiger partial charge in [-0.2, -0.15) is 0 Å². The van der Waals surface area contributed by atoms with Crippen LogP contribution in [0.3, 0.4) is 0 Å². The van der Waals surface area contributed by atoms with Crippen LogP contribution in [0.5, 0.6) is 0 Å². The van der Waals surface area contributed by atoms with E-state index in [-0.39, 0.29) is 0 Å². The summed E-state index contributed by atoms with van der Waals surface area (Å²) in [5.74, 6) is 0.475. The summed E-state index contributed by atoms with van der Waals surface area (Å²) in [5, 5.41) is 2.89. The number of hydrogen-bond donors (Lipinski definition) is 2. The number of hydrogen-bond acceptors (Lipinski definition) is 4. The first kappa shape index (κ1) is 7.22. The Morgan fingerprint density at radius 3 is 2.70 bits per heavy atom. The van der Waals surface area contributed by atoms with E-state index in [1.54, 1.807) is 7.05 Å². The lowest BCUT2D eigenvalue weighted by atomic mass is 10.5. The SMILES string of the molecule is CNc1c(N)ncnc1P. The van der Waals surface area contributed by atoms with Gasteiger partial charge in [0.05, 0.1) is 5.44 Å². The fourth-order valence-electron chi connectivity index (χ4n) is 0.670. The Morgan fingerprint density at radius 1 is 1.60 bits per heavy atom. The number of aromatic nitrogens is 2. The first-order chi connectivity index (χ1) is 4.75. The summed E-state index contributed by atoms with van der Waals surface area (Å²) in [5.41, 5.74) is 7.06. The van der Waals surface area contributed by atoms with Crippen molar-refractivity contribution in [3.05, 3.63) is 6.33 Å². The Hall–Kier alpha value is -0.890. The highest BCUT2D eigenvalue weighted by molar-refractivity contribution is 7.27. The molecule has 0 aliphatic carbocycles. The van der Waals surface area contributed by atoms with Gasteiger partial charge >= 0.3 is 0 Å². The Bertz CT molecular complexity index is 217. The summed E-state index contributed by atoms with van der Waals surface area (Å²) in [6.07, 6.45) is 1.43. The largest absolute Gasteiger partial charge is 0.383 e. The van der Waals surface area contributed by atoms with Crippen LogP contribution in [-0.2, 0) is 0 Å². The smallest absolute Gasteiger partial charge is 0.150 e. The van der Waals surface area contributed by atoms with E-state index in [4.69, 9.17) is 5.73 Å². The Kier molecular flexibility index (Phi) is 2.02. The van der Waals surface area contributed by atoms with Gasteiger partial charge in [0, 0.05) is 7.05 Å². The molecule has 1 atom stereocenters. The molecule has 0 aliphatic rings. The quantitative estimate of drug-likeness (QED) is 0.543. The molecule has 0 saturated carbocycles. The summed E-state index contributed by atoms with van der Waals surface area (Å²) in [6.45, 7) is 0. The zero-order valence-corrected chi connectivity index (χ0v) is 6.78. The fourth-order valence-corrected chi connectivity index (χ4v) is 1.03. The van der Waals surface area contributed by atoms with Crippen LogP contribution >= 0.6 is 9.24 Å². The standard InChI is InChI=1S/C5H9N4P/c1-7-3-4(6)8-2-9-5(3)10/h2,7H,10H2,1H3,(H2,6,8,9). The molecule has 1 unspecified atom stereocenters. The zero-order valence-electron chi connectivity index (χ0n) is 5.63. The van der Waals surface area contributed by atoms with Crippen LogP contribution in [0.4, 0.5) is 11.5 Å². The van der Waals surface area contributed by atoms with Crippen molar-refractivity contribution < 1.29 is 0 Å². The summed E-state index contributed by atoms with van der Waals surface area (Å²) >= 11 is 0. The lowest BCUT2D eigenvalue weighted by Crippen LogP contribution is -2.10. The number of nitrogens with two attached hydrogens (primary N) is 1. The number of anilines is 2. The minimum Gasteiger partial charge on any atom is -0.383 e. The highest BCUT2D eigenvalue weighted by Gasteiger charge is 2.00. The van der Waals surface area contributed by atoms with Crippen molar-refractivity contribution in [2.75, 3.05) is 18.1 Å². The second kappa shape index (κ2) is 2.80. The van der Waals surface area contributed by atoms with Crippen LogP contribution in [0.1, 0.15) is 0 Å². The Labute approximate surface area is 61.5 Å². The molecule has 0 bridgehead atoms. The third-order valence-corrected chi connectivity index (χ3v) is 1.59. The van der Waals surface area contributed by atoms with Gasteiger partial charge in [0.1, 0.15) is 12.0 Å². The molecule has 0 spiro atoms. The molecular weight excluding hydrogens is 147 g/mol. The van der Waals surface area contributed by atoms with Gasteiger partial charge in [-0.1, -0.05) is 9.24 Å². The molecule has 0 fully saturated rings. The van der Waals surface area contributed by atoms with Crippen molar-refractivity contribution in [2.24, 2.45) is 0 Å². The minimum atomic E-state index is 0.475. The molecular formula is C5H9N4P. The number of nitrogens with zero attached hydrogens (tertiary/aromatic N) is 2. The van der Waals surface area contributed by atoms with Crippen LogP contribution < -0.4 is 16.5 Å². The van der Waals surface area contributed by atoms with E-state index in [1.165, 1.54) is 6.33 Å². The molecule has 4 nitrogen and oxygen atoms in total. The molecule has 0 amide bonds. The highest BCUT2D eigenvalue weighted by atomic mass is 31.0. The van der Waals surface area contributed by atoms with Gasteiger partial charge in [0.25, 0.3) is 0 Å². The van der Waals surface area contributed by atoms with Gasteiger partial charge in [-0.3, -0.25) is 0 Å². The summed E-state index contributed by atoms with van der Waals surface area (Å²) in [4.78, 5) is 7.72. The van der Waals surface area contributed by atoms with E-state index < -0.39 is 0 Å². The van der Waals surface area contributed by atoms with Crippen LogP contribution in [-0.4, -0.2) is 17.0 Å². The van der Waals surface area contributed by atoms with Crippen molar-refractivity contribution in [1.82, 2.24) is 9.97 Å². The average molecular weight is 156 g/mol. The number of nitrogens with one attached hydrogen (secondary N) is 1. The first-order valence-electron chi connectivity index (χ1n) is 2.79. The van der Waals surface area contributed by atoms with Gasteiger partial charge in [0.15, 0.2) is 5.82 Å². The second-order valence-electron chi connectivity index (χ2n) is 1.77. The van der Waals surface area contributed by atoms with Crippen molar-refractivity contribution in [1.29, 1.82) is 0 Å². The maximum atomic E-state index is 5.50. The Morgan fingerprint density at radius 2 is 2.30 bits per heavy atom. The van der Waals surface area contributed by atoms with E-state index in [0.29, 0.717) is 5.82 Å². The maximum Gasteiger partial charge on any atom is 0.150 e. The van der Waals surface area contributed by atoms with Gasteiger partial charge < -0.3 is 11.1 Å². The predicted molar refractivity (Wildman–Crippen MR) is 45.3 cm³/mol. The van der Waals surface area contributed by atoms with E-state index >= 15 is 0 Å². The molecule has 0 saturated heterocycles. The molecule has 0 aromatic carbocycles. The molecule has 54 valence electrons. The molecule has 1 aromatic rings. The average Bonchev–Trinajstić information content (AvgIpc) is 1.88. The van der Waals surface area contributed by atoms with Crippen molar-refractivity contribution in [3.8, 4) is 0 Å². The fraction of sp³-hybridized carbons (Fsp3) is 0.200. The third kappa shape index (κ3) is 1.16. The lowest BCUT2D eigenvalue weighted by Gasteiger charge is -2.04. The minimum absolute atomic E-state index is 0.475. The van der Waals surface area contributed by atoms with Gasteiger partial charge in [-0.25, -0.2) is 9.97 Å². The second-order valence-corrected chi connectivity index (χ2v) is 2.32. The van der Waals surface area contributed by atoms with E-state index in [2.05, 4.69) is 24.5 Å².